The Hall–Kier alpha value is -2.07. The van der Waals surface area contributed by atoms with Crippen molar-refractivity contribution in [2.24, 2.45) is 0 Å². The lowest BCUT2D eigenvalue weighted by Crippen LogP contribution is -2.02. The Kier molecular flexibility index (Phi) is 3.48. The maximum atomic E-state index is 11.1. The molecule has 0 aliphatic rings. The maximum absolute atomic E-state index is 11.1. The van der Waals surface area contributed by atoms with E-state index in [1.54, 1.807) is 24.3 Å². The first kappa shape index (κ1) is 12.4. The van der Waals surface area contributed by atoms with Crippen LogP contribution in [0.4, 0.5) is 0 Å². The second-order valence-corrected chi connectivity index (χ2v) is 4.02. The minimum Gasteiger partial charge on any atom is -0.494 e. The molecule has 0 fully saturated rings. The lowest BCUT2D eigenvalue weighted by atomic mass is 10.1. The molecule has 2 rings (SSSR count). The van der Waals surface area contributed by atoms with E-state index in [9.17, 15) is 4.79 Å². The van der Waals surface area contributed by atoms with Crippen LogP contribution in [0.15, 0.2) is 36.5 Å². The summed E-state index contributed by atoms with van der Waals surface area (Å²) >= 11 is 5.79. The number of benzene rings is 1. The van der Waals surface area contributed by atoms with Crippen molar-refractivity contribution in [1.82, 2.24) is 4.98 Å². The van der Waals surface area contributed by atoms with E-state index in [-0.39, 0.29) is 11.3 Å². The molecule has 0 saturated carbocycles. The van der Waals surface area contributed by atoms with Crippen molar-refractivity contribution in [3.8, 4) is 17.0 Å². The van der Waals surface area contributed by atoms with E-state index < -0.39 is 5.97 Å². The highest BCUT2D eigenvalue weighted by atomic mass is 35.5. The Morgan fingerprint density at radius 3 is 2.56 bits per heavy atom. The number of carboxylic acids is 1. The molecule has 1 N–H and O–H groups in total. The van der Waals surface area contributed by atoms with Crippen molar-refractivity contribution in [3.05, 3.63) is 47.1 Å². The van der Waals surface area contributed by atoms with Crippen LogP contribution >= 0.6 is 11.6 Å². The third-order valence-electron chi connectivity index (χ3n) is 2.46. The molecule has 0 aliphatic carbocycles. The average molecular weight is 264 g/mol. The van der Waals surface area contributed by atoms with E-state index in [0.29, 0.717) is 10.7 Å². The van der Waals surface area contributed by atoms with Crippen molar-refractivity contribution < 1.29 is 14.6 Å². The van der Waals surface area contributed by atoms with Crippen LogP contribution in [0.3, 0.4) is 0 Å². The van der Waals surface area contributed by atoms with Crippen LogP contribution in [0.1, 0.15) is 10.4 Å². The smallest absolute Gasteiger partial charge is 0.339 e. The third kappa shape index (κ3) is 2.43. The van der Waals surface area contributed by atoms with E-state index in [4.69, 9.17) is 21.4 Å². The van der Waals surface area contributed by atoms with Crippen molar-refractivity contribution in [3.63, 3.8) is 0 Å². The monoisotopic (exact) mass is 263 g/mol. The van der Waals surface area contributed by atoms with Crippen molar-refractivity contribution in [2.75, 3.05) is 7.11 Å². The predicted octanol–water partition coefficient (Wildman–Crippen LogP) is 3.11. The Balaban J connectivity index is 2.49. The van der Waals surface area contributed by atoms with Crippen LogP contribution in [0.25, 0.3) is 11.3 Å². The number of aromatic nitrogens is 1. The number of methoxy groups -OCH3 is 1. The Labute approximate surface area is 109 Å². The van der Waals surface area contributed by atoms with Crippen LogP contribution < -0.4 is 4.74 Å². The molecule has 1 heterocycles. The van der Waals surface area contributed by atoms with Gasteiger partial charge in [0.2, 0.25) is 0 Å². The fraction of sp³-hybridized carbons (Fsp3) is 0.0769. The molecule has 0 amide bonds. The predicted molar refractivity (Wildman–Crippen MR) is 68.2 cm³/mol. The quantitative estimate of drug-likeness (QED) is 0.924. The molecular weight excluding hydrogens is 254 g/mol. The molecule has 4 nitrogen and oxygen atoms in total. The van der Waals surface area contributed by atoms with Gasteiger partial charge in [-0.25, -0.2) is 4.79 Å². The molecule has 5 heteroatoms. The number of hydrogen-bond acceptors (Lipinski definition) is 3. The van der Waals surface area contributed by atoms with Gasteiger partial charge in [-0.15, -0.1) is 0 Å². The summed E-state index contributed by atoms with van der Waals surface area (Å²) in [7, 11) is 1.41. The summed E-state index contributed by atoms with van der Waals surface area (Å²) in [4.78, 5) is 15.3. The van der Waals surface area contributed by atoms with E-state index in [0.717, 1.165) is 5.56 Å². The highest BCUT2D eigenvalue weighted by Crippen LogP contribution is 2.25. The summed E-state index contributed by atoms with van der Waals surface area (Å²) in [5.41, 5.74) is 1.44. The minimum absolute atomic E-state index is 0.0810. The zero-order valence-corrected chi connectivity index (χ0v) is 10.3. The molecule has 0 atom stereocenters. The number of nitrogens with zero attached hydrogens (tertiary/aromatic N) is 1. The number of hydrogen-bond donors (Lipinski definition) is 1. The summed E-state index contributed by atoms with van der Waals surface area (Å²) in [6.45, 7) is 0. The summed E-state index contributed by atoms with van der Waals surface area (Å²) in [6.07, 6.45) is 1.40. The summed E-state index contributed by atoms with van der Waals surface area (Å²) in [5.74, 6) is -0.815. The molecule has 0 unspecified atom stereocenters. The zero-order chi connectivity index (χ0) is 13.1. The average Bonchev–Trinajstić information content (AvgIpc) is 2.39. The zero-order valence-electron chi connectivity index (χ0n) is 9.55. The SMILES string of the molecule is COc1cnc(-c2ccc(Cl)cc2)cc1C(=O)O. The molecule has 0 aliphatic heterocycles. The van der Waals surface area contributed by atoms with Gasteiger partial charge in [-0.3, -0.25) is 4.98 Å². The molecule has 1 aromatic carbocycles. The lowest BCUT2D eigenvalue weighted by Gasteiger charge is -2.07. The van der Waals surface area contributed by atoms with Gasteiger partial charge in [0.05, 0.1) is 19.0 Å². The van der Waals surface area contributed by atoms with Crippen LogP contribution in [0.5, 0.6) is 5.75 Å². The van der Waals surface area contributed by atoms with E-state index in [1.165, 1.54) is 19.4 Å². The highest BCUT2D eigenvalue weighted by molar-refractivity contribution is 6.30. The van der Waals surface area contributed by atoms with Crippen LogP contribution in [0, 0.1) is 0 Å². The largest absolute Gasteiger partial charge is 0.494 e. The molecule has 1 aromatic heterocycles. The number of rotatable bonds is 3. The van der Waals surface area contributed by atoms with Gasteiger partial charge in [0, 0.05) is 10.6 Å². The van der Waals surface area contributed by atoms with Gasteiger partial charge in [0.25, 0.3) is 0 Å². The van der Waals surface area contributed by atoms with Crippen molar-refractivity contribution >= 4 is 17.6 Å². The summed E-state index contributed by atoms with van der Waals surface area (Å²) < 4.78 is 4.95. The van der Waals surface area contributed by atoms with E-state index in [2.05, 4.69) is 4.98 Å². The van der Waals surface area contributed by atoms with E-state index >= 15 is 0 Å². The van der Waals surface area contributed by atoms with Gasteiger partial charge in [-0.05, 0) is 18.2 Å². The van der Waals surface area contributed by atoms with Crippen LogP contribution in [-0.4, -0.2) is 23.2 Å². The number of carboxylic acid groups (broad SMARTS) is 1. The molecular formula is C13H10ClNO3. The van der Waals surface area contributed by atoms with Crippen molar-refractivity contribution in [1.29, 1.82) is 0 Å². The Morgan fingerprint density at radius 1 is 1.33 bits per heavy atom. The number of carbonyl (C=O) groups is 1. The second kappa shape index (κ2) is 5.06. The molecule has 18 heavy (non-hydrogen) atoms. The topological polar surface area (TPSA) is 59.4 Å². The number of halogens is 1. The Morgan fingerprint density at radius 2 is 2.00 bits per heavy atom. The first-order valence-corrected chi connectivity index (χ1v) is 5.53. The standard InChI is InChI=1S/C13H10ClNO3/c1-18-12-7-15-11(6-10(12)13(16)17)8-2-4-9(14)5-3-8/h2-7H,1H3,(H,16,17). The minimum atomic E-state index is -1.05. The first-order chi connectivity index (χ1) is 8.61. The second-order valence-electron chi connectivity index (χ2n) is 3.58. The molecule has 2 aromatic rings. The van der Waals surface area contributed by atoms with Crippen LogP contribution in [-0.2, 0) is 0 Å². The van der Waals surface area contributed by atoms with E-state index in [1.807, 2.05) is 0 Å². The lowest BCUT2D eigenvalue weighted by molar-refractivity contribution is 0.0693. The number of pyridine rings is 1. The summed E-state index contributed by atoms with van der Waals surface area (Å²) in [6, 6.07) is 8.49. The number of ether oxygens (including phenoxy) is 1. The Bertz CT molecular complexity index is 581. The molecule has 92 valence electrons. The van der Waals surface area contributed by atoms with Gasteiger partial charge < -0.3 is 9.84 Å². The van der Waals surface area contributed by atoms with Gasteiger partial charge >= 0.3 is 5.97 Å². The van der Waals surface area contributed by atoms with Crippen LogP contribution in [0.2, 0.25) is 5.02 Å². The fourth-order valence-corrected chi connectivity index (χ4v) is 1.68. The normalized spacial score (nSPS) is 10.1. The summed E-state index contributed by atoms with van der Waals surface area (Å²) in [5, 5.41) is 9.70. The fourth-order valence-electron chi connectivity index (χ4n) is 1.55. The molecule has 0 spiro atoms. The van der Waals surface area contributed by atoms with Gasteiger partial charge in [-0.2, -0.15) is 0 Å². The highest BCUT2D eigenvalue weighted by Gasteiger charge is 2.13. The molecule has 0 bridgehead atoms. The maximum Gasteiger partial charge on any atom is 0.339 e. The number of aromatic carboxylic acids is 1. The van der Waals surface area contributed by atoms with Gasteiger partial charge in [0.1, 0.15) is 5.56 Å². The first-order valence-electron chi connectivity index (χ1n) is 5.15. The van der Waals surface area contributed by atoms with Gasteiger partial charge in [-0.1, -0.05) is 23.7 Å². The molecule has 0 radical (unpaired) electrons. The molecule has 0 saturated heterocycles. The van der Waals surface area contributed by atoms with Crippen molar-refractivity contribution in [2.45, 2.75) is 0 Å². The van der Waals surface area contributed by atoms with Gasteiger partial charge in [0.15, 0.2) is 5.75 Å². The third-order valence-corrected chi connectivity index (χ3v) is 2.71.